The van der Waals surface area contributed by atoms with Crippen molar-refractivity contribution in [2.75, 3.05) is 0 Å². The van der Waals surface area contributed by atoms with E-state index in [-0.39, 0.29) is 0 Å². The molecule has 1 aromatic rings. The van der Waals surface area contributed by atoms with Crippen molar-refractivity contribution < 1.29 is 0 Å². The normalized spacial score (nSPS) is 17.7. The van der Waals surface area contributed by atoms with Crippen LogP contribution in [0.25, 0.3) is 17.7 Å². The largest absolute Gasteiger partial charge is 0.0689 e. The van der Waals surface area contributed by atoms with Gasteiger partial charge in [-0.05, 0) is 54.8 Å². The van der Waals surface area contributed by atoms with Crippen molar-refractivity contribution in [3.8, 4) is 0 Å². The van der Waals surface area contributed by atoms with E-state index in [1.54, 1.807) is 0 Å². The van der Waals surface area contributed by atoms with Crippen LogP contribution in [0.4, 0.5) is 0 Å². The predicted octanol–water partition coefficient (Wildman–Crippen LogP) is 2.76. The summed E-state index contributed by atoms with van der Waals surface area (Å²) in [6.07, 6.45) is 10.1. The second-order valence-electron chi connectivity index (χ2n) is 5.21. The Morgan fingerprint density at radius 3 is 2.65 bits per heavy atom. The first-order chi connectivity index (χ1) is 8.13. The molecule has 1 radical (unpaired) electrons. The molecule has 85 valence electrons. The predicted molar refractivity (Wildman–Crippen MR) is 74.7 cm³/mol. The third-order valence-corrected chi connectivity index (χ3v) is 3.58. The molecular weight excluding hydrogens is 204 g/mol. The number of rotatable bonds is 0. The lowest BCUT2D eigenvalue weighted by atomic mass is 9.90. The molecule has 0 atom stereocenters. The molecule has 1 aromatic carbocycles. The smallest absolute Gasteiger partial charge is 0.0117 e. The van der Waals surface area contributed by atoms with Crippen molar-refractivity contribution in [3.05, 3.63) is 57.3 Å². The third-order valence-electron chi connectivity index (χ3n) is 3.58. The lowest BCUT2D eigenvalue weighted by Gasteiger charge is -2.15. The van der Waals surface area contributed by atoms with E-state index in [2.05, 4.69) is 57.6 Å². The number of hydrogen-bond acceptors (Lipinski definition) is 0. The molecular formula is C17H17. The van der Waals surface area contributed by atoms with Gasteiger partial charge in [0.15, 0.2) is 0 Å². The van der Waals surface area contributed by atoms with Gasteiger partial charge in [0, 0.05) is 6.42 Å². The highest BCUT2D eigenvalue weighted by Gasteiger charge is 2.09. The van der Waals surface area contributed by atoms with Crippen LogP contribution in [-0.4, -0.2) is 0 Å². The fraction of sp³-hybridized carbons (Fsp3) is 0.235. The second kappa shape index (κ2) is 3.73. The van der Waals surface area contributed by atoms with Gasteiger partial charge in [-0.3, -0.25) is 0 Å². The first kappa shape index (κ1) is 10.6. The molecule has 17 heavy (non-hydrogen) atoms. The summed E-state index contributed by atoms with van der Waals surface area (Å²) in [6.45, 7) is 6.57. The SMILES string of the molecule is CC1=Cc2cc3c(cc2=C(C)[CH]1)CC(C)=CC=3. The van der Waals surface area contributed by atoms with Crippen LogP contribution < -0.4 is 10.4 Å². The Morgan fingerprint density at radius 2 is 1.82 bits per heavy atom. The van der Waals surface area contributed by atoms with Crippen LogP contribution in [0.1, 0.15) is 31.9 Å². The fourth-order valence-electron chi connectivity index (χ4n) is 2.75. The van der Waals surface area contributed by atoms with Gasteiger partial charge in [0.1, 0.15) is 0 Å². The quantitative estimate of drug-likeness (QED) is 0.632. The summed E-state index contributed by atoms with van der Waals surface area (Å²) < 4.78 is 0. The molecule has 0 heteroatoms. The molecule has 0 aromatic heterocycles. The van der Waals surface area contributed by atoms with E-state index < -0.39 is 0 Å². The van der Waals surface area contributed by atoms with Gasteiger partial charge >= 0.3 is 0 Å². The second-order valence-corrected chi connectivity index (χ2v) is 5.21. The van der Waals surface area contributed by atoms with E-state index in [1.165, 1.54) is 38.3 Å². The summed E-state index contributed by atoms with van der Waals surface area (Å²) in [7, 11) is 0. The Morgan fingerprint density at radius 1 is 1.00 bits per heavy atom. The zero-order chi connectivity index (χ0) is 12.0. The first-order valence-electron chi connectivity index (χ1n) is 6.18. The van der Waals surface area contributed by atoms with Gasteiger partial charge in [-0.25, -0.2) is 0 Å². The Kier molecular flexibility index (Phi) is 2.32. The standard InChI is InChI=1S/C17H17/c1-11-4-5-14-9-16-8-12(2)6-13(3)17(16)10-15(14)7-11/h4-6,8-10H,7H2,1-3H3. The van der Waals surface area contributed by atoms with Crippen LogP contribution in [-0.2, 0) is 6.42 Å². The molecule has 0 nitrogen and oxygen atoms in total. The van der Waals surface area contributed by atoms with Gasteiger partial charge in [0.2, 0.25) is 0 Å². The van der Waals surface area contributed by atoms with Gasteiger partial charge in [-0.2, -0.15) is 0 Å². The summed E-state index contributed by atoms with van der Waals surface area (Å²) in [5.41, 5.74) is 7.00. The van der Waals surface area contributed by atoms with E-state index in [0.29, 0.717) is 0 Å². The molecule has 2 aliphatic rings. The number of hydrogen-bond donors (Lipinski definition) is 0. The molecule has 0 N–H and O–H groups in total. The van der Waals surface area contributed by atoms with E-state index in [0.717, 1.165) is 6.42 Å². The molecule has 0 bridgehead atoms. The Hall–Kier alpha value is -1.56. The average Bonchev–Trinajstić information content (AvgIpc) is 2.27. The summed E-state index contributed by atoms with van der Waals surface area (Å²) in [5, 5.41) is 2.78. The van der Waals surface area contributed by atoms with E-state index in [9.17, 15) is 0 Å². The van der Waals surface area contributed by atoms with E-state index in [1.807, 2.05) is 0 Å². The van der Waals surface area contributed by atoms with E-state index >= 15 is 0 Å². The van der Waals surface area contributed by atoms with Gasteiger partial charge in [0.25, 0.3) is 0 Å². The minimum Gasteiger partial charge on any atom is -0.0689 e. The van der Waals surface area contributed by atoms with Gasteiger partial charge in [0.05, 0.1) is 0 Å². The Labute approximate surface area is 103 Å². The van der Waals surface area contributed by atoms with Crippen LogP contribution in [0.2, 0.25) is 0 Å². The lowest BCUT2D eigenvalue weighted by molar-refractivity contribution is 1.11. The molecule has 0 heterocycles. The maximum absolute atomic E-state index is 2.37. The monoisotopic (exact) mass is 221 g/mol. The van der Waals surface area contributed by atoms with Crippen molar-refractivity contribution in [1.29, 1.82) is 0 Å². The molecule has 0 spiro atoms. The van der Waals surface area contributed by atoms with Gasteiger partial charge < -0.3 is 0 Å². The summed E-state index contributed by atoms with van der Waals surface area (Å²) in [6, 6.07) is 4.69. The van der Waals surface area contributed by atoms with Crippen molar-refractivity contribution >= 4 is 17.7 Å². The average molecular weight is 221 g/mol. The number of fused-ring (bicyclic) bond motifs is 2. The summed E-state index contributed by atoms with van der Waals surface area (Å²) in [5.74, 6) is 0. The summed E-state index contributed by atoms with van der Waals surface area (Å²) in [4.78, 5) is 0. The van der Waals surface area contributed by atoms with Crippen LogP contribution in [0.5, 0.6) is 0 Å². The van der Waals surface area contributed by atoms with Crippen LogP contribution in [0, 0.1) is 6.42 Å². The zero-order valence-electron chi connectivity index (χ0n) is 10.7. The number of benzene rings is 1. The van der Waals surface area contributed by atoms with Crippen LogP contribution in [0.3, 0.4) is 0 Å². The first-order valence-corrected chi connectivity index (χ1v) is 6.18. The molecule has 2 aliphatic carbocycles. The highest BCUT2D eigenvalue weighted by molar-refractivity contribution is 5.73. The van der Waals surface area contributed by atoms with Crippen LogP contribution in [0.15, 0.2) is 29.4 Å². The van der Waals surface area contributed by atoms with Crippen LogP contribution >= 0.6 is 0 Å². The van der Waals surface area contributed by atoms with Gasteiger partial charge in [-0.15, -0.1) is 0 Å². The molecule has 0 unspecified atom stereocenters. The molecule has 3 rings (SSSR count). The fourth-order valence-corrected chi connectivity index (χ4v) is 2.75. The molecule has 0 amide bonds. The Balaban J connectivity index is 2.33. The summed E-state index contributed by atoms with van der Waals surface area (Å²) >= 11 is 0. The Bertz CT molecular complexity index is 667. The lowest BCUT2D eigenvalue weighted by Crippen LogP contribution is -2.23. The molecule has 0 saturated carbocycles. The maximum Gasteiger partial charge on any atom is 0.0117 e. The minimum absolute atomic E-state index is 1.09. The molecule has 0 aliphatic heterocycles. The highest BCUT2D eigenvalue weighted by atomic mass is 14.1. The van der Waals surface area contributed by atoms with Crippen molar-refractivity contribution in [1.82, 2.24) is 0 Å². The molecule has 0 fully saturated rings. The highest BCUT2D eigenvalue weighted by Crippen LogP contribution is 2.17. The maximum atomic E-state index is 2.37. The topological polar surface area (TPSA) is 0 Å². The minimum atomic E-state index is 1.09. The zero-order valence-corrected chi connectivity index (χ0v) is 10.7. The van der Waals surface area contributed by atoms with Crippen molar-refractivity contribution in [2.45, 2.75) is 27.2 Å². The van der Waals surface area contributed by atoms with Gasteiger partial charge in [-0.1, -0.05) is 41.0 Å². The molecule has 0 saturated heterocycles. The van der Waals surface area contributed by atoms with Crippen molar-refractivity contribution in [3.63, 3.8) is 0 Å². The number of allylic oxidation sites excluding steroid dienone is 3. The van der Waals surface area contributed by atoms with Crippen molar-refractivity contribution in [2.24, 2.45) is 0 Å². The van der Waals surface area contributed by atoms with E-state index in [4.69, 9.17) is 0 Å². The third kappa shape index (κ3) is 1.78.